The number of nitrogens with two attached hydrogens (primary N) is 4. The van der Waals surface area contributed by atoms with E-state index in [0.29, 0.717) is 31.4 Å². The number of carbonyl (C=O) groups excluding carboxylic acids is 11. The van der Waals surface area contributed by atoms with Gasteiger partial charge in [-0.1, -0.05) is 70.4 Å². The summed E-state index contributed by atoms with van der Waals surface area (Å²) in [4.78, 5) is 153. The molecule has 26 heteroatoms. The number of guanidine groups is 1. The molecular weight excluding hydrogens is 1000 g/mol. The Morgan fingerprint density at radius 3 is 1.57 bits per heavy atom. The van der Waals surface area contributed by atoms with E-state index in [9.17, 15) is 57.8 Å². The number of nitrogens with zero attached hydrogens (tertiary/aromatic N) is 2. The van der Waals surface area contributed by atoms with Crippen LogP contribution in [0.4, 0.5) is 0 Å². The van der Waals surface area contributed by atoms with E-state index in [1.165, 1.54) is 18.7 Å². The molecule has 2 rings (SSSR count). The maximum atomic E-state index is 14.3. The van der Waals surface area contributed by atoms with Gasteiger partial charge >= 0.3 is 0 Å². The Bertz CT molecular complexity index is 2240. The number of aliphatic imine (C=N–C) groups is 1. The fourth-order valence-electron chi connectivity index (χ4n) is 8.44. The summed E-state index contributed by atoms with van der Waals surface area (Å²) in [6.07, 6.45) is -1.24. The highest BCUT2D eigenvalue weighted by Crippen LogP contribution is 2.21. The first-order valence-corrected chi connectivity index (χ1v) is 26.3. The molecule has 0 unspecified atom stereocenters. The van der Waals surface area contributed by atoms with Gasteiger partial charge in [-0.2, -0.15) is 0 Å². The summed E-state index contributed by atoms with van der Waals surface area (Å²) in [6.45, 7) is 13.5. The van der Waals surface area contributed by atoms with Gasteiger partial charge in [-0.3, -0.25) is 57.7 Å². The number of hydrogen-bond acceptors (Lipinski definition) is 13. The van der Waals surface area contributed by atoms with Crippen LogP contribution < -0.4 is 65.5 Å². The molecule has 0 aromatic heterocycles. The highest BCUT2D eigenvalue weighted by Gasteiger charge is 2.40. The Hall–Kier alpha value is -7.38. The average Bonchev–Trinajstić information content (AvgIpc) is 3.87. The monoisotopic (exact) mass is 1080 g/mol. The predicted octanol–water partition coefficient (Wildman–Crippen LogP) is -2.86. The van der Waals surface area contributed by atoms with Crippen LogP contribution in [0.25, 0.3) is 0 Å². The molecule has 0 bridgehead atoms. The summed E-state index contributed by atoms with van der Waals surface area (Å²) in [5.74, 6) is -9.97. The second-order valence-electron chi connectivity index (χ2n) is 19.6. The van der Waals surface area contributed by atoms with E-state index >= 15 is 0 Å². The molecule has 1 aliphatic rings. The first-order chi connectivity index (χ1) is 36.2. The predicted molar refractivity (Wildman–Crippen MR) is 285 cm³/mol. The van der Waals surface area contributed by atoms with Crippen LogP contribution in [0.2, 0.25) is 0 Å². The van der Waals surface area contributed by atoms with Crippen molar-refractivity contribution in [2.24, 2.45) is 39.8 Å². The fraction of sp³-hybridized carbons (Fsp3) is 0.647. The van der Waals surface area contributed by atoms with Crippen molar-refractivity contribution < 1.29 is 57.8 Å². The first kappa shape index (κ1) is 65.7. The molecule has 0 radical (unpaired) electrons. The highest BCUT2D eigenvalue weighted by molar-refractivity contribution is 5.99. The van der Waals surface area contributed by atoms with Crippen molar-refractivity contribution in [2.75, 3.05) is 19.6 Å². The van der Waals surface area contributed by atoms with Crippen molar-refractivity contribution in [3.05, 3.63) is 35.4 Å². The Morgan fingerprint density at radius 2 is 1.10 bits per heavy atom. The van der Waals surface area contributed by atoms with Crippen LogP contribution in [0, 0.1) is 18.8 Å². The quantitative estimate of drug-likeness (QED) is 0.0191. The van der Waals surface area contributed by atoms with Crippen molar-refractivity contribution in [3.8, 4) is 0 Å². The van der Waals surface area contributed by atoms with Crippen LogP contribution in [0.5, 0.6) is 0 Å². The van der Waals surface area contributed by atoms with E-state index < -0.39 is 138 Å². The summed E-state index contributed by atoms with van der Waals surface area (Å²) in [7, 11) is 0. The van der Waals surface area contributed by atoms with E-state index in [0.717, 1.165) is 5.56 Å². The third-order valence-corrected chi connectivity index (χ3v) is 13.3. The molecule has 0 spiro atoms. The summed E-state index contributed by atoms with van der Waals surface area (Å²) in [5, 5.41) is 31.7. The van der Waals surface area contributed by atoms with E-state index in [2.05, 4.69) is 47.5 Å². The lowest BCUT2D eigenvalue weighted by Crippen LogP contribution is -2.63. The molecule has 1 aliphatic heterocycles. The average molecular weight is 1090 g/mol. The molecule has 0 aliphatic carbocycles. The lowest BCUT2D eigenvalue weighted by atomic mass is 9.96. The highest BCUT2D eigenvalue weighted by atomic mass is 16.3. The van der Waals surface area contributed by atoms with Gasteiger partial charge in [-0.15, -0.1) is 0 Å². The fourth-order valence-corrected chi connectivity index (χ4v) is 8.44. The Kier molecular flexibility index (Phi) is 28.1. The number of aryl methyl sites for hydroxylation is 1. The van der Waals surface area contributed by atoms with Crippen molar-refractivity contribution in [1.82, 2.24) is 47.4 Å². The number of hydrogen-bond donors (Lipinski definition) is 13. The van der Waals surface area contributed by atoms with E-state index in [1.54, 1.807) is 46.8 Å². The van der Waals surface area contributed by atoms with Crippen molar-refractivity contribution in [2.45, 2.75) is 180 Å². The standard InChI is InChI=1S/C51H84N14O12/c1-9-28(5)40(47(74)61-35(14-12-24-57-51(54)55)50(77)65-25-13-15-37(65)46(73)56-11-3)62-44(71)34(21-23-39(53)69)60-49(76)42(30(7)66)64-48(75)41(29(6)10-2)63-43(70)33(20-22-38(52)68)59-45(72)36(58-31(8)67)26-32-18-16-27(4)17-19-32/h16-19,28-30,33-37,40-42,66H,9-15,20-26H2,1-8H3,(H2,52,68)(H2,53,69)(H,56,73)(H,58,67)(H,59,72)(H,60,76)(H,61,74)(H,62,71)(H,63,70)(H,64,75)(H4,54,55,57)/t28-,29-,30+,33-,34-,35-,36-,37-,40-,41+,42-/m0/s1. The van der Waals surface area contributed by atoms with Crippen LogP contribution >= 0.6 is 0 Å². The topological polar surface area (TPSA) is 424 Å². The lowest BCUT2D eigenvalue weighted by molar-refractivity contribution is -0.142. The molecule has 11 atom stereocenters. The molecule has 1 aromatic rings. The number of likely N-dealkylation sites (tertiary alicyclic amines) is 1. The normalized spacial score (nSPS) is 16.9. The van der Waals surface area contributed by atoms with Crippen molar-refractivity contribution in [3.63, 3.8) is 0 Å². The maximum absolute atomic E-state index is 14.3. The van der Waals surface area contributed by atoms with Gasteiger partial charge in [0.15, 0.2) is 5.96 Å². The van der Waals surface area contributed by atoms with Crippen LogP contribution in [0.1, 0.15) is 124 Å². The molecule has 1 heterocycles. The number of primary amides is 2. The zero-order chi connectivity index (χ0) is 58.1. The van der Waals surface area contributed by atoms with Crippen LogP contribution in [-0.2, 0) is 59.2 Å². The number of nitrogens with one attached hydrogen (secondary N) is 8. The maximum Gasteiger partial charge on any atom is 0.245 e. The third kappa shape index (κ3) is 22.4. The largest absolute Gasteiger partial charge is 0.391 e. The minimum Gasteiger partial charge on any atom is -0.391 e. The van der Waals surface area contributed by atoms with Crippen LogP contribution in [-0.4, -0.2) is 155 Å². The Balaban J connectivity index is 2.42. The molecule has 1 aromatic carbocycles. The SMILES string of the molecule is CCNC(=O)[C@@H]1CCCN1C(=O)[C@H](CCCN=C(N)N)NC(=O)[C@@H](NC(=O)[C@H](CCC(N)=O)NC(=O)[C@@H](NC(=O)[C@H](NC(=O)[C@H](CCC(N)=O)NC(=O)[C@H](Cc1ccc(C)cc1)NC(C)=O)[C@@H](C)CC)[C@@H](C)O)[C@@H](C)CC. The number of carbonyl (C=O) groups is 11. The van der Waals surface area contributed by atoms with Crippen molar-refractivity contribution >= 4 is 70.9 Å². The molecule has 17 N–H and O–H groups in total. The molecule has 1 saturated heterocycles. The number of likely N-dealkylation sites (N-methyl/N-ethyl adjacent to an activating group) is 1. The number of aliphatic hydroxyl groups is 1. The molecule has 26 nitrogen and oxygen atoms in total. The smallest absolute Gasteiger partial charge is 0.245 e. The first-order valence-electron chi connectivity index (χ1n) is 26.3. The van der Waals surface area contributed by atoms with Gasteiger partial charge in [0.1, 0.15) is 48.3 Å². The molecule has 0 saturated carbocycles. The lowest BCUT2D eigenvalue weighted by Gasteiger charge is -2.32. The van der Waals surface area contributed by atoms with E-state index in [1.807, 2.05) is 19.1 Å². The van der Waals surface area contributed by atoms with Gasteiger partial charge in [0.25, 0.3) is 0 Å². The number of amides is 11. The second kappa shape index (κ2) is 32.9. The minimum absolute atomic E-state index is 0.0451. The second-order valence-corrected chi connectivity index (χ2v) is 19.6. The van der Waals surface area contributed by atoms with E-state index in [4.69, 9.17) is 22.9 Å². The van der Waals surface area contributed by atoms with Crippen molar-refractivity contribution in [1.29, 1.82) is 0 Å². The van der Waals surface area contributed by atoms with E-state index in [-0.39, 0.29) is 63.5 Å². The van der Waals surface area contributed by atoms with Gasteiger partial charge in [0.2, 0.25) is 65.0 Å². The van der Waals surface area contributed by atoms with Gasteiger partial charge in [0, 0.05) is 45.8 Å². The molecule has 77 heavy (non-hydrogen) atoms. The summed E-state index contributed by atoms with van der Waals surface area (Å²) < 4.78 is 0. The van der Waals surface area contributed by atoms with Gasteiger partial charge < -0.3 is 75.5 Å². The number of aliphatic hydroxyl groups excluding tert-OH is 1. The molecule has 11 amide bonds. The zero-order valence-corrected chi connectivity index (χ0v) is 45.7. The molecule has 430 valence electrons. The van der Waals surface area contributed by atoms with Gasteiger partial charge in [-0.25, -0.2) is 0 Å². The minimum atomic E-state index is -1.80. The third-order valence-electron chi connectivity index (χ3n) is 13.3. The Morgan fingerprint density at radius 1 is 0.636 bits per heavy atom. The van der Waals surface area contributed by atoms with Gasteiger partial charge in [-0.05, 0) is 76.7 Å². The number of benzene rings is 1. The summed E-state index contributed by atoms with van der Waals surface area (Å²) in [5.41, 5.74) is 23.5. The molecular formula is C51H84N14O12. The summed E-state index contributed by atoms with van der Waals surface area (Å²) >= 11 is 0. The van der Waals surface area contributed by atoms with Gasteiger partial charge in [0.05, 0.1) is 6.10 Å². The Labute approximate surface area is 450 Å². The van der Waals surface area contributed by atoms with Crippen LogP contribution in [0.15, 0.2) is 29.3 Å². The zero-order valence-electron chi connectivity index (χ0n) is 45.7. The molecule has 1 fully saturated rings. The van der Waals surface area contributed by atoms with Crippen LogP contribution in [0.3, 0.4) is 0 Å². The number of rotatable bonds is 33. The summed E-state index contributed by atoms with van der Waals surface area (Å²) in [6, 6.07) is -3.51.